The maximum Gasteiger partial charge on any atom is 0.153 e. The SMILES string of the molecule is Nc1cc(F)c(-n2cc(Br)cn2)c2ncccc12. The van der Waals surface area contributed by atoms with Crippen LogP contribution in [0, 0.1) is 5.82 Å². The first-order valence-electron chi connectivity index (χ1n) is 5.20. The van der Waals surface area contributed by atoms with E-state index in [4.69, 9.17) is 5.73 Å². The second-order valence-corrected chi connectivity index (χ2v) is 4.71. The average molecular weight is 307 g/mol. The Morgan fingerprint density at radius 1 is 1.39 bits per heavy atom. The minimum absolute atomic E-state index is 0.297. The smallest absolute Gasteiger partial charge is 0.153 e. The molecule has 0 unspecified atom stereocenters. The number of nitrogens with zero attached hydrogens (tertiary/aromatic N) is 3. The lowest BCUT2D eigenvalue weighted by molar-refractivity contribution is 0.613. The monoisotopic (exact) mass is 306 g/mol. The van der Waals surface area contributed by atoms with Gasteiger partial charge in [-0.1, -0.05) is 0 Å². The molecular weight excluding hydrogens is 299 g/mol. The zero-order valence-electron chi connectivity index (χ0n) is 9.14. The van der Waals surface area contributed by atoms with E-state index >= 15 is 0 Å². The zero-order valence-corrected chi connectivity index (χ0v) is 10.7. The van der Waals surface area contributed by atoms with Crippen LogP contribution in [0.1, 0.15) is 0 Å². The maximum absolute atomic E-state index is 14.1. The molecule has 0 atom stereocenters. The van der Waals surface area contributed by atoms with Crippen molar-refractivity contribution in [2.45, 2.75) is 0 Å². The standard InChI is InChI=1S/C12H8BrFN4/c13-7-5-17-18(6-7)12-9(14)4-10(15)8-2-1-3-16-11(8)12/h1-6H,15H2. The summed E-state index contributed by atoms with van der Waals surface area (Å²) in [4.78, 5) is 4.19. The van der Waals surface area contributed by atoms with Gasteiger partial charge in [0.1, 0.15) is 11.2 Å². The van der Waals surface area contributed by atoms with Gasteiger partial charge in [-0.05, 0) is 34.1 Å². The van der Waals surface area contributed by atoms with Crippen LogP contribution in [0.4, 0.5) is 10.1 Å². The highest BCUT2D eigenvalue weighted by atomic mass is 79.9. The Labute approximate surface area is 110 Å². The fraction of sp³-hybridized carbons (Fsp3) is 0. The minimum Gasteiger partial charge on any atom is -0.398 e. The van der Waals surface area contributed by atoms with Gasteiger partial charge < -0.3 is 5.73 Å². The second-order valence-electron chi connectivity index (χ2n) is 3.80. The van der Waals surface area contributed by atoms with Crippen molar-refractivity contribution >= 4 is 32.5 Å². The fourth-order valence-electron chi connectivity index (χ4n) is 1.86. The van der Waals surface area contributed by atoms with E-state index in [1.165, 1.54) is 10.7 Å². The summed E-state index contributed by atoms with van der Waals surface area (Å²) in [5, 5.41) is 4.78. The number of rotatable bonds is 1. The van der Waals surface area contributed by atoms with Crippen LogP contribution in [0.3, 0.4) is 0 Å². The Morgan fingerprint density at radius 3 is 2.94 bits per heavy atom. The van der Waals surface area contributed by atoms with Crippen molar-refractivity contribution in [1.82, 2.24) is 14.8 Å². The molecule has 0 aliphatic rings. The van der Waals surface area contributed by atoms with E-state index in [9.17, 15) is 4.39 Å². The van der Waals surface area contributed by atoms with Crippen molar-refractivity contribution in [3.63, 3.8) is 0 Å². The number of benzene rings is 1. The molecule has 2 aromatic heterocycles. The van der Waals surface area contributed by atoms with Gasteiger partial charge in [0.2, 0.25) is 0 Å². The fourth-order valence-corrected chi connectivity index (χ4v) is 2.15. The van der Waals surface area contributed by atoms with Crippen molar-refractivity contribution in [1.29, 1.82) is 0 Å². The van der Waals surface area contributed by atoms with Crippen LogP contribution >= 0.6 is 15.9 Å². The molecule has 0 aliphatic heterocycles. The van der Waals surface area contributed by atoms with Crippen molar-refractivity contribution in [2.24, 2.45) is 0 Å². The molecule has 2 N–H and O–H groups in total. The third kappa shape index (κ3) is 1.65. The number of aromatic nitrogens is 3. The summed E-state index contributed by atoms with van der Waals surface area (Å²) < 4.78 is 16.3. The summed E-state index contributed by atoms with van der Waals surface area (Å²) in [6.45, 7) is 0. The van der Waals surface area contributed by atoms with E-state index in [1.807, 2.05) is 0 Å². The summed E-state index contributed by atoms with van der Waals surface area (Å²) >= 11 is 3.28. The van der Waals surface area contributed by atoms with E-state index in [-0.39, 0.29) is 0 Å². The topological polar surface area (TPSA) is 56.7 Å². The minimum atomic E-state index is -0.450. The first-order chi connectivity index (χ1) is 8.66. The lowest BCUT2D eigenvalue weighted by Crippen LogP contribution is -2.02. The molecular formula is C12H8BrFN4. The third-order valence-corrected chi connectivity index (χ3v) is 3.04. The highest BCUT2D eigenvalue weighted by Crippen LogP contribution is 2.28. The summed E-state index contributed by atoms with van der Waals surface area (Å²) in [6, 6.07) is 4.85. The summed E-state index contributed by atoms with van der Waals surface area (Å²) in [5.74, 6) is -0.450. The van der Waals surface area contributed by atoms with Crippen LogP contribution in [-0.4, -0.2) is 14.8 Å². The lowest BCUT2D eigenvalue weighted by atomic mass is 10.1. The number of hydrogen-bond donors (Lipinski definition) is 1. The largest absolute Gasteiger partial charge is 0.398 e. The van der Waals surface area contributed by atoms with Gasteiger partial charge in [0.15, 0.2) is 5.82 Å². The Hall–Kier alpha value is -1.95. The predicted molar refractivity (Wildman–Crippen MR) is 70.9 cm³/mol. The second kappa shape index (κ2) is 4.06. The Balaban J connectivity index is 2.41. The van der Waals surface area contributed by atoms with Crippen LogP contribution < -0.4 is 5.73 Å². The molecule has 3 rings (SSSR count). The van der Waals surface area contributed by atoms with Crippen molar-refractivity contribution in [2.75, 3.05) is 5.73 Å². The van der Waals surface area contributed by atoms with E-state index in [0.717, 1.165) is 4.47 Å². The van der Waals surface area contributed by atoms with Crippen molar-refractivity contribution in [3.05, 3.63) is 47.1 Å². The maximum atomic E-state index is 14.1. The van der Waals surface area contributed by atoms with Gasteiger partial charge in [0.25, 0.3) is 0 Å². The molecule has 18 heavy (non-hydrogen) atoms. The van der Waals surface area contributed by atoms with Gasteiger partial charge in [0.05, 0.1) is 10.7 Å². The molecule has 3 aromatic rings. The molecule has 0 spiro atoms. The molecule has 4 nitrogen and oxygen atoms in total. The molecule has 0 amide bonds. The van der Waals surface area contributed by atoms with Crippen molar-refractivity contribution < 1.29 is 4.39 Å². The van der Waals surface area contributed by atoms with Crippen LogP contribution in [0.5, 0.6) is 0 Å². The highest BCUT2D eigenvalue weighted by molar-refractivity contribution is 9.10. The molecule has 1 aromatic carbocycles. The van der Waals surface area contributed by atoms with Gasteiger partial charge in [-0.3, -0.25) is 4.98 Å². The average Bonchev–Trinajstić information content (AvgIpc) is 2.76. The van der Waals surface area contributed by atoms with E-state index in [0.29, 0.717) is 22.3 Å². The third-order valence-electron chi connectivity index (χ3n) is 2.63. The number of hydrogen-bond acceptors (Lipinski definition) is 3. The van der Waals surface area contributed by atoms with E-state index < -0.39 is 5.82 Å². The highest BCUT2D eigenvalue weighted by Gasteiger charge is 2.14. The molecule has 6 heteroatoms. The number of anilines is 1. The molecule has 0 saturated heterocycles. The quantitative estimate of drug-likeness (QED) is 0.703. The molecule has 2 heterocycles. The molecule has 0 fully saturated rings. The molecule has 0 radical (unpaired) electrons. The number of pyridine rings is 1. The van der Waals surface area contributed by atoms with Gasteiger partial charge in [0, 0.05) is 23.5 Å². The first kappa shape index (κ1) is 11.2. The lowest BCUT2D eigenvalue weighted by Gasteiger charge is -2.09. The number of halogens is 2. The van der Waals surface area contributed by atoms with Gasteiger partial charge in [-0.15, -0.1) is 0 Å². The van der Waals surface area contributed by atoms with E-state index in [2.05, 4.69) is 26.0 Å². The molecule has 90 valence electrons. The van der Waals surface area contributed by atoms with Crippen LogP contribution in [0.2, 0.25) is 0 Å². The van der Waals surface area contributed by atoms with Crippen LogP contribution in [-0.2, 0) is 0 Å². The van der Waals surface area contributed by atoms with E-state index in [1.54, 1.807) is 30.7 Å². The summed E-state index contributed by atoms with van der Waals surface area (Å²) in [6.07, 6.45) is 4.86. The number of nitrogens with two attached hydrogens (primary N) is 1. The normalized spacial score (nSPS) is 11.0. The van der Waals surface area contributed by atoms with Crippen LogP contribution in [0.15, 0.2) is 41.3 Å². The summed E-state index contributed by atoms with van der Waals surface area (Å²) in [5.41, 5.74) is 6.94. The molecule has 0 aliphatic carbocycles. The van der Waals surface area contributed by atoms with Gasteiger partial charge in [-0.25, -0.2) is 9.07 Å². The predicted octanol–water partition coefficient (Wildman–Crippen LogP) is 2.90. The summed E-state index contributed by atoms with van der Waals surface area (Å²) in [7, 11) is 0. The number of nitrogen functional groups attached to an aromatic ring is 1. The number of fused-ring (bicyclic) bond motifs is 1. The van der Waals surface area contributed by atoms with Gasteiger partial charge in [-0.2, -0.15) is 5.10 Å². The van der Waals surface area contributed by atoms with Crippen molar-refractivity contribution in [3.8, 4) is 5.69 Å². The van der Waals surface area contributed by atoms with Gasteiger partial charge >= 0.3 is 0 Å². The zero-order chi connectivity index (χ0) is 12.7. The molecule has 0 bridgehead atoms. The van der Waals surface area contributed by atoms with Crippen LogP contribution in [0.25, 0.3) is 16.6 Å². The Bertz CT molecular complexity index is 738. The Kier molecular flexibility index (Phi) is 2.52. The first-order valence-corrected chi connectivity index (χ1v) is 5.99. The molecule has 0 saturated carbocycles. The Morgan fingerprint density at radius 2 is 2.22 bits per heavy atom.